The summed E-state index contributed by atoms with van der Waals surface area (Å²) in [6, 6.07) is 1.95. The van der Waals surface area contributed by atoms with Crippen LogP contribution in [0, 0.1) is 6.92 Å². The second-order valence-corrected chi connectivity index (χ2v) is 4.70. The van der Waals surface area contributed by atoms with E-state index in [2.05, 4.69) is 25.9 Å². The number of rotatable bonds is 3. The molecule has 2 rings (SSSR count). The predicted molar refractivity (Wildman–Crippen MR) is 69.3 cm³/mol. The fourth-order valence-corrected chi connectivity index (χ4v) is 2.07. The summed E-state index contributed by atoms with van der Waals surface area (Å²) in [5.41, 5.74) is 1.42. The molecule has 0 unspecified atom stereocenters. The average molecular weight is 310 g/mol. The Balaban J connectivity index is 2.34. The monoisotopic (exact) mass is 309 g/mol. The minimum absolute atomic E-state index is 0.390. The van der Waals surface area contributed by atoms with Crippen LogP contribution in [0.4, 0.5) is 0 Å². The lowest BCUT2D eigenvalue weighted by Gasteiger charge is -2.09. The molecule has 6 heteroatoms. The number of hydrogen-bond donors (Lipinski definition) is 0. The number of carbonyl (C=O) groups is 1. The van der Waals surface area contributed by atoms with Crippen LogP contribution in [0.5, 0.6) is 0 Å². The topological polar surface area (TPSA) is 57.0 Å². The highest BCUT2D eigenvalue weighted by Crippen LogP contribution is 2.14. The van der Waals surface area contributed by atoms with Crippen molar-refractivity contribution in [2.75, 3.05) is 7.11 Å². The normalized spacial score (nSPS) is 10.4. The number of ether oxygens (including phenoxy) is 1. The number of nitrogens with zero attached hydrogens (tertiary/aromatic N) is 3. The maximum Gasteiger partial charge on any atom is 0.356 e. The Morgan fingerprint density at radius 3 is 2.89 bits per heavy atom. The zero-order valence-corrected chi connectivity index (χ0v) is 11.6. The van der Waals surface area contributed by atoms with Gasteiger partial charge in [0.2, 0.25) is 0 Å². The molecule has 0 aromatic carbocycles. The maximum atomic E-state index is 11.6. The lowest BCUT2D eigenvalue weighted by Crippen LogP contribution is -2.12. The molecule has 0 saturated carbocycles. The van der Waals surface area contributed by atoms with Crippen molar-refractivity contribution in [2.45, 2.75) is 13.5 Å². The van der Waals surface area contributed by atoms with Gasteiger partial charge in [-0.1, -0.05) is 0 Å². The molecule has 94 valence electrons. The molecule has 2 aromatic heterocycles. The van der Waals surface area contributed by atoms with Crippen LogP contribution in [0.3, 0.4) is 0 Å². The number of aromatic nitrogens is 3. The third-order valence-electron chi connectivity index (χ3n) is 2.55. The summed E-state index contributed by atoms with van der Waals surface area (Å²) in [5, 5.41) is 0. The van der Waals surface area contributed by atoms with E-state index in [9.17, 15) is 4.79 Å². The summed E-state index contributed by atoms with van der Waals surface area (Å²) in [7, 11) is 1.36. The van der Waals surface area contributed by atoms with Crippen LogP contribution in [0.1, 0.15) is 21.9 Å². The second kappa shape index (κ2) is 5.30. The van der Waals surface area contributed by atoms with Gasteiger partial charge in [0.15, 0.2) is 0 Å². The molecule has 0 spiro atoms. The van der Waals surface area contributed by atoms with Gasteiger partial charge in [-0.05, 0) is 34.5 Å². The largest absolute Gasteiger partial charge is 0.464 e. The SMILES string of the molecule is COC(=O)c1cnc(C)n1Cc1cncc(Br)c1. The van der Waals surface area contributed by atoms with Crippen molar-refractivity contribution in [1.82, 2.24) is 14.5 Å². The average Bonchev–Trinajstić information content (AvgIpc) is 2.70. The minimum atomic E-state index is -0.390. The maximum absolute atomic E-state index is 11.6. The van der Waals surface area contributed by atoms with Gasteiger partial charge in [-0.2, -0.15) is 0 Å². The fourth-order valence-electron chi connectivity index (χ4n) is 1.66. The minimum Gasteiger partial charge on any atom is -0.464 e. The smallest absolute Gasteiger partial charge is 0.356 e. The zero-order chi connectivity index (χ0) is 13.1. The van der Waals surface area contributed by atoms with E-state index in [0.717, 1.165) is 15.9 Å². The third kappa shape index (κ3) is 2.59. The van der Waals surface area contributed by atoms with E-state index in [4.69, 9.17) is 4.74 Å². The molecule has 0 aliphatic heterocycles. The standard InChI is InChI=1S/C12H12BrN3O2/c1-8-15-6-11(12(17)18-2)16(8)7-9-3-10(13)5-14-4-9/h3-6H,7H2,1-2H3. The van der Waals surface area contributed by atoms with Crippen molar-refractivity contribution in [3.05, 3.63) is 46.2 Å². The molecule has 2 heterocycles. The van der Waals surface area contributed by atoms with Gasteiger partial charge in [-0.3, -0.25) is 4.98 Å². The highest BCUT2D eigenvalue weighted by molar-refractivity contribution is 9.10. The van der Waals surface area contributed by atoms with E-state index in [0.29, 0.717) is 12.2 Å². The molecule has 18 heavy (non-hydrogen) atoms. The molecule has 5 nitrogen and oxygen atoms in total. The van der Waals surface area contributed by atoms with Gasteiger partial charge < -0.3 is 9.30 Å². The summed E-state index contributed by atoms with van der Waals surface area (Å²) in [6.07, 6.45) is 4.99. The number of aryl methyl sites for hydroxylation is 1. The van der Waals surface area contributed by atoms with Crippen LogP contribution in [-0.4, -0.2) is 27.6 Å². The molecule has 0 aliphatic carbocycles. The molecule has 0 bridgehead atoms. The van der Waals surface area contributed by atoms with Gasteiger partial charge in [-0.15, -0.1) is 0 Å². The zero-order valence-electron chi connectivity index (χ0n) is 10.1. The highest BCUT2D eigenvalue weighted by Gasteiger charge is 2.15. The van der Waals surface area contributed by atoms with E-state index in [1.54, 1.807) is 17.0 Å². The molecule has 0 aliphatic rings. The van der Waals surface area contributed by atoms with Crippen molar-refractivity contribution in [3.8, 4) is 0 Å². The molecular formula is C12H12BrN3O2. The Bertz CT molecular complexity index is 580. The lowest BCUT2D eigenvalue weighted by molar-refractivity contribution is 0.0588. The van der Waals surface area contributed by atoms with Crippen molar-refractivity contribution < 1.29 is 9.53 Å². The predicted octanol–water partition coefficient (Wildman–Crippen LogP) is 2.18. The molecule has 0 amide bonds. The summed E-state index contributed by atoms with van der Waals surface area (Å²) in [4.78, 5) is 19.8. The molecule has 0 N–H and O–H groups in total. The number of esters is 1. The molecule has 2 aromatic rings. The molecule has 0 radical (unpaired) electrons. The Hall–Kier alpha value is -1.69. The first-order chi connectivity index (χ1) is 8.61. The van der Waals surface area contributed by atoms with Crippen LogP contribution in [-0.2, 0) is 11.3 Å². The van der Waals surface area contributed by atoms with E-state index >= 15 is 0 Å². The Morgan fingerprint density at radius 1 is 1.44 bits per heavy atom. The van der Waals surface area contributed by atoms with Gasteiger partial charge in [-0.25, -0.2) is 9.78 Å². The first kappa shape index (κ1) is 12.8. The van der Waals surface area contributed by atoms with Crippen molar-refractivity contribution in [3.63, 3.8) is 0 Å². The number of pyridine rings is 1. The van der Waals surface area contributed by atoms with E-state index in [1.807, 2.05) is 13.0 Å². The van der Waals surface area contributed by atoms with Crippen LogP contribution in [0.2, 0.25) is 0 Å². The number of carbonyl (C=O) groups excluding carboxylic acids is 1. The summed E-state index contributed by atoms with van der Waals surface area (Å²) < 4.78 is 7.43. The number of imidazole rings is 1. The van der Waals surface area contributed by atoms with Gasteiger partial charge >= 0.3 is 5.97 Å². The fraction of sp³-hybridized carbons (Fsp3) is 0.250. The van der Waals surface area contributed by atoms with Crippen LogP contribution >= 0.6 is 15.9 Å². The molecule has 0 saturated heterocycles. The number of hydrogen-bond acceptors (Lipinski definition) is 4. The Kier molecular flexibility index (Phi) is 3.76. The molecular weight excluding hydrogens is 298 g/mol. The molecule has 0 atom stereocenters. The van der Waals surface area contributed by atoms with Gasteiger partial charge in [0.25, 0.3) is 0 Å². The third-order valence-corrected chi connectivity index (χ3v) is 2.99. The Morgan fingerprint density at radius 2 is 2.22 bits per heavy atom. The quantitative estimate of drug-likeness (QED) is 0.816. The number of halogens is 1. The van der Waals surface area contributed by atoms with E-state index in [-0.39, 0.29) is 0 Å². The first-order valence-corrected chi connectivity index (χ1v) is 6.11. The van der Waals surface area contributed by atoms with Crippen LogP contribution in [0.15, 0.2) is 29.1 Å². The van der Waals surface area contributed by atoms with Gasteiger partial charge in [0, 0.05) is 16.9 Å². The lowest BCUT2D eigenvalue weighted by atomic mass is 10.3. The van der Waals surface area contributed by atoms with Crippen LogP contribution in [0.25, 0.3) is 0 Å². The van der Waals surface area contributed by atoms with Crippen molar-refractivity contribution in [2.24, 2.45) is 0 Å². The second-order valence-electron chi connectivity index (χ2n) is 3.78. The summed E-state index contributed by atoms with van der Waals surface area (Å²) in [5.74, 6) is 0.369. The Labute approximate surface area is 113 Å². The number of methoxy groups -OCH3 is 1. The van der Waals surface area contributed by atoms with Crippen molar-refractivity contribution >= 4 is 21.9 Å². The first-order valence-electron chi connectivity index (χ1n) is 5.31. The van der Waals surface area contributed by atoms with E-state index < -0.39 is 5.97 Å². The highest BCUT2D eigenvalue weighted by atomic mass is 79.9. The van der Waals surface area contributed by atoms with Gasteiger partial charge in [0.1, 0.15) is 11.5 Å². The van der Waals surface area contributed by atoms with Gasteiger partial charge in [0.05, 0.1) is 19.9 Å². The van der Waals surface area contributed by atoms with E-state index in [1.165, 1.54) is 13.3 Å². The summed E-state index contributed by atoms with van der Waals surface area (Å²) >= 11 is 3.37. The summed E-state index contributed by atoms with van der Waals surface area (Å²) in [6.45, 7) is 2.38. The van der Waals surface area contributed by atoms with Crippen LogP contribution < -0.4 is 0 Å². The molecule has 0 fully saturated rings. The van der Waals surface area contributed by atoms with Crippen molar-refractivity contribution in [1.29, 1.82) is 0 Å².